The summed E-state index contributed by atoms with van der Waals surface area (Å²) in [6, 6.07) is 13.3. The van der Waals surface area contributed by atoms with Crippen LogP contribution in [0.3, 0.4) is 0 Å². The second-order valence-electron chi connectivity index (χ2n) is 5.58. The van der Waals surface area contributed by atoms with Gasteiger partial charge in [0.1, 0.15) is 10.8 Å². The van der Waals surface area contributed by atoms with Gasteiger partial charge in [0.05, 0.1) is 7.11 Å². The van der Waals surface area contributed by atoms with Crippen molar-refractivity contribution in [2.24, 2.45) is 0 Å². The largest absolute Gasteiger partial charge is 0.497 e. The molecular weight excluding hydrogens is 369 g/mol. The Morgan fingerprint density at radius 3 is 2.59 bits per heavy atom. The molecule has 0 saturated heterocycles. The third-order valence-corrected chi connectivity index (χ3v) is 4.65. The molecule has 0 unspecified atom stereocenters. The lowest BCUT2D eigenvalue weighted by atomic mass is 10.2. The predicted molar refractivity (Wildman–Crippen MR) is 102 cm³/mol. The van der Waals surface area contributed by atoms with Gasteiger partial charge in [-0.25, -0.2) is 4.39 Å². The third-order valence-electron chi connectivity index (χ3n) is 3.76. The Hall–Kier alpha value is -3.00. The number of carbonyl (C=O) groups excluding carboxylic acids is 1. The minimum Gasteiger partial charge on any atom is -0.497 e. The Balaban J connectivity index is 1.67. The summed E-state index contributed by atoms with van der Waals surface area (Å²) in [5, 5.41) is 11.8. The molecule has 1 heterocycles. The van der Waals surface area contributed by atoms with Gasteiger partial charge >= 0.3 is 0 Å². The molecule has 8 heteroatoms. The monoisotopic (exact) mass is 387 g/mol. The van der Waals surface area contributed by atoms with Crippen LogP contribution in [0.25, 0.3) is 10.6 Å². The van der Waals surface area contributed by atoms with Gasteiger partial charge in [-0.05, 0) is 42.8 Å². The zero-order valence-electron chi connectivity index (χ0n) is 14.8. The van der Waals surface area contributed by atoms with Crippen molar-refractivity contribution < 1.29 is 18.7 Å². The minimum atomic E-state index is -0.838. The van der Waals surface area contributed by atoms with Gasteiger partial charge in [0.25, 0.3) is 5.91 Å². The lowest BCUT2D eigenvalue weighted by Crippen LogP contribution is -2.32. The summed E-state index contributed by atoms with van der Waals surface area (Å²) in [4.78, 5) is 12.5. The number of hydrogen-bond acceptors (Lipinski definition) is 6. The normalized spacial score (nSPS) is 11.7. The summed E-state index contributed by atoms with van der Waals surface area (Å²) in [6.45, 7) is 1.79. The van der Waals surface area contributed by atoms with Crippen molar-refractivity contribution in [2.45, 2.75) is 19.4 Å². The van der Waals surface area contributed by atoms with E-state index in [0.717, 1.165) is 11.3 Å². The summed E-state index contributed by atoms with van der Waals surface area (Å²) in [5.41, 5.74) is 0.864. The van der Waals surface area contributed by atoms with E-state index in [0.29, 0.717) is 16.6 Å². The Kier molecular flexibility index (Phi) is 5.97. The first-order valence-electron chi connectivity index (χ1n) is 8.30. The van der Waals surface area contributed by atoms with Crippen molar-refractivity contribution in [2.75, 3.05) is 12.4 Å². The average Bonchev–Trinajstić information content (AvgIpc) is 3.15. The quantitative estimate of drug-likeness (QED) is 0.659. The lowest BCUT2D eigenvalue weighted by molar-refractivity contribution is -0.122. The van der Waals surface area contributed by atoms with Crippen LogP contribution in [-0.2, 0) is 4.79 Å². The van der Waals surface area contributed by atoms with Gasteiger partial charge in [0.15, 0.2) is 17.7 Å². The van der Waals surface area contributed by atoms with Crippen LogP contribution in [0.2, 0.25) is 0 Å². The zero-order valence-corrected chi connectivity index (χ0v) is 15.6. The van der Waals surface area contributed by atoms with E-state index in [-0.39, 0.29) is 5.75 Å². The molecule has 0 saturated carbocycles. The molecule has 27 heavy (non-hydrogen) atoms. The Labute approximate surface area is 160 Å². The van der Waals surface area contributed by atoms with Crippen molar-refractivity contribution in [3.05, 3.63) is 54.3 Å². The van der Waals surface area contributed by atoms with Crippen LogP contribution in [0.15, 0.2) is 48.5 Å². The number of aromatic nitrogens is 2. The number of para-hydroxylation sites is 1. The zero-order chi connectivity index (χ0) is 19.2. The smallest absolute Gasteiger partial charge is 0.267 e. The highest BCUT2D eigenvalue weighted by atomic mass is 32.1. The number of methoxy groups -OCH3 is 1. The molecule has 0 aliphatic heterocycles. The molecule has 3 rings (SSSR count). The predicted octanol–water partition coefficient (Wildman–Crippen LogP) is 4.15. The van der Waals surface area contributed by atoms with Crippen LogP contribution in [0.5, 0.6) is 11.5 Å². The second-order valence-corrected chi connectivity index (χ2v) is 6.55. The van der Waals surface area contributed by atoms with Gasteiger partial charge in [-0.1, -0.05) is 30.4 Å². The van der Waals surface area contributed by atoms with E-state index in [2.05, 4.69) is 15.5 Å². The van der Waals surface area contributed by atoms with Gasteiger partial charge in [0.2, 0.25) is 5.13 Å². The minimum absolute atomic E-state index is 0.0377. The molecule has 1 atom stereocenters. The molecule has 1 aromatic heterocycles. The molecule has 1 amide bonds. The number of anilines is 1. The maximum Gasteiger partial charge on any atom is 0.267 e. The van der Waals surface area contributed by atoms with Crippen molar-refractivity contribution >= 4 is 22.4 Å². The van der Waals surface area contributed by atoms with Gasteiger partial charge in [-0.15, -0.1) is 10.2 Å². The summed E-state index contributed by atoms with van der Waals surface area (Å²) in [7, 11) is 1.60. The van der Waals surface area contributed by atoms with Crippen molar-refractivity contribution in [3.63, 3.8) is 0 Å². The Morgan fingerprint density at radius 1 is 1.19 bits per heavy atom. The molecule has 140 valence electrons. The van der Waals surface area contributed by atoms with E-state index in [9.17, 15) is 9.18 Å². The Bertz CT molecular complexity index is 915. The number of hydrogen-bond donors (Lipinski definition) is 1. The highest BCUT2D eigenvalue weighted by Crippen LogP contribution is 2.28. The van der Waals surface area contributed by atoms with Crippen LogP contribution in [0, 0.1) is 5.82 Å². The summed E-state index contributed by atoms with van der Waals surface area (Å²) in [5.74, 6) is -0.136. The molecule has 1 N–H and O–H groups in total. The van der Waals surface area contributed by atoms with Crippen LogP contribution < -0.4 is 14.8 Å². The van der Waals surface area contributed by atoms with Crippen LogP contribution >= 0.6 is 11.3 Å². The van der Waals surface area contributed by atoms with E-state index in [1.807, 2.05) is 24.3 Å². The standard InChI is InChI=1S/C19H18FN3O3S/c1-3-15(26-16-7-5-4-6-14(16)20)17(24)21-19-23-22-18(27-19)12-8-10-13(25-2)11-9-12/h4-11,15H,3H2,1-2H3,(H,21,23,24)/t15-/m1/s1. The molecular formula is C19H18FN3O3S. The molecule has 0 fully saturated rings. The van der Waals surface area contributed by atoms with Crippen LogP contribution in [0.4, 0.5) is 9.52 Å². The number of benzene rings is 2. The highest BCUT2D eigenvalue weighted by Gasteiger charge is 2.21. The van der Waals surface area contributed by atoms with Gasteiger partial charge < -0.3 is 9.47 Å². The van der Waals surface area contributed by atoms with Crippen LogP contribution in [-0.4, -0.2) is 29.3 Å². The van der Waals surface area contributed by atoms with Gasteiger partial charge in [0, 0.05) is 5.56 Å². The maximum absolute atomic E-state index is 13.7. The van der Waals surface area contributed by atoms with Crippen LogP contribution in [0.1, 0.15) is 13.3 Å². The van der Waals surface area contributed by atoms with Gasteiger partial charge in [-0.2, -0.15) is 0 Å². The second kappa shape index (κ2) is 8.59. The molecule has 0 spiro atoms. The first kappa shape index (κ1) is 18.8. The molecule has 0 aliphatic carbocycles. The molecule has 6 nitrogen and oxygen atoms in total. The number of amides is 1. The molecule has 0 aliphatic rings. The number of rotatable bonds is 7. The summed E-state index contributed by atoms with van der Waals surface area (Å²) < 4.78 is 24.4. The van der Waals surface area contributed by atoms with E-state index in [1.54, 1.807) is 26.2 Å². The number of nitrogens with one attached hydrogen (secondary N) is 1. The topological polar surface area (TPSA) is 73.3 Å². The fourth-order valence-electron chi connectivity index (χ4n) is 2.33. The summed E-state index contributed by atoms with van der Waals surface area (Å²) in [6.07, 6.45) is -0.458. The maximum atomic E-state index is 13.7. The molecule has 3 aromatic rings. The molecule has 2 aromatic carbocycles. The SMILES string of the molecule is CC[C@@H](Oc1ccccc1F)C(=O)Nc1nnc(-c2ccc(OC)cc2)s1. The Morgan fingerprint density at radius 2 is 1.93 bits per heavy atom. The van der Waals surface area contributed by atoms with E-state index in [1.165, 1.54) is 23.5 Å². The fraction of sp³-hybridized carbons (Fsp3) is 0.211. The first-order valence-corrected chi connectivity index (χ1v) is 9.12. The third kappa shape index (κ3) is 4.59. The number of carbonyl (C=O) groups is 1. The molecule has 0 radical (unpaired) electrons. The van der Waals surface area contributed by atoms with Crippen molar-refractivity contribution in [1.29, 1.82) is 0 Å². The van der Waals surface area contributed by atoms with E-state index in [4.69, 9.17) is 9.47 Å². The lowest BCUT2D eigenvalue weighted by Gasteiger charge is -2.16. The number of ether oxygens (including phenoxy) is 2. The van der Waals surface area contributed by atoms with E-state index >= 15 is 0 Å². The molecule has 0 bridgehead atoms. The summed E-state index contributed by atoms with van der Waals surface area (Å²) >= 11 is 1.24. The van der Waals surface area contributed by atoms with Crippen molar-refractivity contribution in [1.82, 2.24) is 10.2 Å². The van der Waals surface area contributed by atoms with Crippen molar-refractivity contribution in [3.8, 4) is 22.1 Å². The van der Waals surface area contributed by atoms with E-state index < -0.39 is 17.8 Å². The average molecular weight is 387 g/mol. The fourth-order valence-corrected chi connectivity index (χ4v) is 3.08. The number of halogens is 1. The number of nitrogens with zero attached hydrogens (tertiary/aromatic N) is 2. The highest BCUT2D eigenvalue weighted by molar-refractivity contribution is 7.18. The van der Waals surface area contributed by atoms with Gasteiger partial charge in [-0.3, -0.25) is 10.1 Å². The first-order chi connectivity index (χ1) is 13.1.